The van der Waals surface area contributed by atoms with Crippen molar-refractivity contribution in [2.75, 3.05) is 13.1 Å². The van der Waals surface area contributed by atoms with Gasteiger partial charge in [0.25, 0.3) is 5.89 Å². The van der Waals surface area contributed by atoms with Crippen LogP contribution in [0.4, 0.5) is 0 Å². The third-order valence-corrected chi connectivity index (χ3v) is 5.84. The first kappa shape index (κ1) is 16.5. The smallest absolute Gasteiger partial charge is 0.257 e. The van der Waals surface area contributed by atoms with Crippen molar-refractivity contribution in [3.63, 3.8) is 0 Å². The summed E-state index contributed by atoms with van der Waals surface area (Å²) in [6.07, 6.45) is 2.16. The number of nitrogens with zero attached hydrogens (tertiary/aromatic N) is 3. The summed E-state index contributed by atoms with van der Waals surface area (Å²) in [5.41, 5.74) is 2.70. The Hall–Kier alpha value is -1.98. The molecular formula is C20H23N3OS. The van der Waals surface area contributed by atoms with Crippen LogP contribution >= 0.6 is 11.3 Å². The van der Waals surface area contributed by atoms with E-state index < -0.39 is 0 Å². The number of benzene rings is 1. The lowest BCUT2D eigenvalue weighted by atomic mass is 9.96. The fraction of sp³-hybridized carbons (Fsp3) is 0.400. The minimum absolute atomic E-state index is 0.386. The van der Waals surface area contributed by atoms with Crippen molar-refractivity contribution in [2.24, 2.45) is 0 Å². The summed E-state index contributed by atoms with van der Waals surface area (Å²) in [4.78, 5) is 4.84. The van der Waals surface area contributed by atoms with Gasteiger partial charge < -0.3 is 4.42 Å². The normalized spacial score (nSPS) is 16.4. The highest BCUT2D eigenvalue weighted by Crippen LogP contribution is 2.32. The lowest BCUT2D eigenvalue weighted by Crippen LogP contribution is -2.32. The molecule has 1 fully saturated rings. The molecule has 0 unspecified atom stereocenters. The quantitative estimate of drug-likeness (QED) is 0.676. The molecule has 0 aliphatic carbocycles. The second-order valence-corrected chi connectivity index (χ2v) is 8.18. The highest BCUT2D eigenvalue weighted by atomic mass is 32.1. The van der Waals surface area contributed by atoms with Crippen LogP contribution in [0, 0.1) is 13.8 Å². The van der Waals surface area contributed by atoms with E-state index >= 15 is 0 Å². The van der Waals surface area contributed by atoms with Crippen LogP contribution in [0.5, 0.6) is 0 Å². The average molecular weight is 353 g/mol. The van der Waals surface area contributed by atoms with Gasteiger partial charge >= 0.3 is 0 Å². The van der Waals surface area contributed by atoms with Gasteiger partial charge in [-0.15, -0.1) is 21.5 Å². The molecule has 1 saturated heterocycles. The largest absolute Gasteiger partial charge is 0.420 e. The SMILES string of the molecule is Cc1ccc(CN2CCC(c3nnc(-c4ccc(C)s4)o3)CC2)cc1. The van der Waals surface area contributed by atoms with Crippen LogP contribution in [0.1, 0.15) is 40.7 Å². The number of aromatic nitrogens is 2. The molecule has 2 aromatic heterocycles. The van der Waals surface area contributed by atoms with Crippen molar-refractivity contribution >= 4 is 11.3 Å². The van der Waals surface area contributed by atoms with Crippen LogP contribution in [0.15, 0.2) is 40.8 Å². The molecule has 0 spiro atoms. The van der Waals surface area contributed by atoms with Gasteiger partial charge in [-0.2, -0.15) is 0 Å². The molecule has 4 nitrogen and oxygen atoms in total. The second kappa shape index (κ2) is 7.10. The Kier molecular flexibility index (Phi) is 4.68. The summed E-state index contributed by atoms with van der Waals surface area (Å²) in [5, 5.41) is 8.57. The van der Waals surface area contributed by atoms with Crippen LogP contribution in [0.2, 0.25) is 0 Å². The van der Waals surface area contributed by atoms with E-state index in [-0.39, 0.29) is 0 Å². The van der Waals surface area contributed by atoms with Gasteiger partial charge in [-0.25, -0.2) is 0 Å². The number of likely N-dealkylation sites (tertiary alicyclic amines) is 1. The first-order valence-corrected chi connectivity index (χ1v) is 9.67. The molecule has 1 aliphatic rings. The Labute approximate surface area is 152 Å². The standard InChI is InChI=1S/C20H23N3OS/c1-14-3-6-16(7-4-14)13-23-11-9-17(10-12-23)19-21-22-20(24-19)18-8-5-15(2)25-18/h3-8,17H,9-13H2,1-2H3. The van der Waals surface area contributed by atoms with Crippen LogP contribution in [-0.4, -0.2) is 28.2 Å². The molecule has 4 rings (SSSR count). The molecule has 130 valence electrons. The highest BCUT2D eigenvalue weighted by molar-refractivity contribution is 7.15. The van der Waals surface area contributed by atoms with Gasteiger partial charge in [0.2, 0.25) is 5.89 Å². The van der Waals surface area contributed by atoms with Crippen molar-refractivity contribution in [1.29, 1.82) is 0 Å². The van der Waals surface area contributed by atoms with Crippen molar-refractivity contribution in [3.05, 3.63) is 58.3 Å². The molecule has 0 atom stereocenters. The molecule has 1 aliphatic heterocycles. The summed E-state index contributed by atoms with van der Waals surface area (Å²) in [6, 6.07) is 13.0. The number of hydrogen-bond donors (Lipinski definition) is 0. The van der Waals surface area contributed by atoms with Gasteiger partial charge in [-0.05, 0) is 57.5 Å². The molecule has 3 heterocycles. The lowest BCUT2D eigenvalue weighted by Gasteiger charge is -2.30. The van der Waals surface area contributed by atoms with Crippen LogP contribution in [-0.2, 0) is 6.54 Å². The zero-order valence-electron chi connectivity index (χ0n) is 14.7. The van der Waals surface area contributed by atoms with E-state index in [1.165, 1.54) is 16.0 Å². The monoisotopic (exact) mass is 353 g/mol. The summed E-state index contributed by atoms with van der Waals surface area (Å²) in [6.45, 7) is 7.40. The first-order chi connectivity index (χ1) is 12.2. The Morgan fingerprint density at radius 2 is 1.80 bits per heavy atom. The van der Waals surface area contributed by atoms with Crippen molar-refractivity contribution in [2.45, 2.75) is 39.2 Å². The van der Waals surface area contributed by atoms with Gasteiger partial charge in [-0.3, -0.25) is 4.90 Å². The molecule has 1 aromatic carbocycles. The van der Waals surface area contributed by atoms with Gasteiger partial charge in [0.1, 0.15) is 0 Å². The summed E-state index contributed by atoms with van der Waals surface area (Å²) in [5.74, 6) is 1.85. The fourth-order valence-corrected chi connectivity index (χ4v) is 4.13. The summed E-state index contributed by atoms with van der Waals surface area (Å²) >= 11 is 1.70. The maximum atomic E-state index is 5.96. The second-order valence-electron chi connectivity index (χ2n) is 6.89. The van der Waals surface area contributed by atoms with Crippen LogP contribution in [0.25, 0.3) is 10.8 Å². The number of thiophene rings is 1. The molecule has 0 saturated carbocycles. The predicted octanol–water partition coefficient (Wildman–Crippen LogP) is 4.79. The lowest BCUT2D eigenvalue weighted by molar-refractivity contribution is 0.193. The van der Waals surface area contributed by atoms with E-state index in [9.17, 15) is 0 Å². The predicted molar refractivity (Wildman–Crippen MR) is 101 cm³/mol. The number of rotatable bonds is 4. The van der Waals surface area contributed by atoms with E-state index in [0.29, 0.717) is 11.8 Å². The van der Waals surface area contributed by atoms with Crippen LogP contribution < -0.4 is 0 Å². The third-order valence-electron chi connectivity index (χ3n) is 4.86. The van der Waals surface area contributed by atoms with E-state index in [4.69, 9.17) is 4.42 Å². The van der Waals surface area contributed by atoms with Gasteiger partial charge in [0.15, 0.2) is 0 Å². The maximum absolute atomic E-state index is 5.96. The zero-order valence-corrected chi connectivity index (χ0v) is 15.6. The maximum Gasteiger partial charge on any atom is 0.257 e. The fourth-order valence-electron chi connectivity index (χ4n) is 3.34. The topological polar surface area (TPSA) is 42.2 Å². The van der Waals surface area contributed by atoms with E-state index in [1.807, 2.05) is 0 Å². The van der Waals surface area contributed by atoms with Crippen molar-refractivity contribution in [3.8, 4) is 10.8 Å². The van der Waals surface area contributed by atoms with Gasteiger partial charge in [0.05, 0.1) is 4.88 Å². The van der Waals surface area contributed by atoms with Gasteiger partial charge in [-0.1, -0.05) is 29.8 Å². The highest BCUT2D eigenvalue weighted by Gasteiger charge is 2.25. The Balaban J connectivity index is 1.35. The first-order valence-electron chi connectivity index (χ1n) is 8.85. The van der Waals surface area contributed by atoms with Crippen molar-refractivity contribution < 1.29 is 4.42 Å². The molecule has 25 heavy (non-hydrogen) atoms. The summed E-state index contributed by atoms with van der Waals surface area (Å²) < 4.78 is 5.96. The molecule has 0 N–H and O–H groups in total. The number of piperidine rings is 1. The van der Waals surface area contributed by atoms with E-state index in [1.54, 1.807) is 11.3 Å². The average Bonchev–Trinajstić information content (AvgIpc) is 3.27. The zero-order chi connectivity index (χ0) is 17.2. The molecule has 3 aromatic rings. The Morgan fingerprint density at radius 1 is 1.04 bits per heavy atom. The third kappa shape index (κ3) is 3.83. The molecular weight excluding hydrogens is 330 g/mol. The number of hydrogen-bond acceptors (Lipinski definition) is 5. The Bertz CT molecular complexity index is 829. The van der Waals surface area contributed by atoms with Crippen molar-refractivity contribution in [1.82, 2.24) is 15.1 Å². The number of aryl methyl sites for hydroxylation is 2. The minimum Gasteiger partial charge on any atom is -0.420 e. The van der Waals surface area contributed by atoms with Gasteiger partial charge in [0, 0.05) is 17.3 Å². The van der Waals surface area contributed by atoms with E-state index in [0.717, 1.165) is 43.2 Å². The summed E-state index contributed by atoms with van der Waals surface area (Å²) in [7, 11) is 0. The van der Waals surface area contributed by atoms with E-state index in [2.05, 4.69) is 65.3 Å². The Morgan fingerprint density at radius 3 is 2.48 bits per heavy atom. The molecule has 0 amide bonds. The molecule has 5 heteroatoms. The molecule has 0 radical (unpaired) electrons. The van der Waals surface area contributed by atoms with Crippen LogP contribution in [0.3, 0.4) is 0 Å². The minimum atomic E-state index is 0.386. The molecule has 0 bridgehead atoms.